The Bertz CT molecular complexity index is 1010. The highest BCUT2D eigenvalue weighted by molar-refractivity contribution is 5.61. The van der Waals surface area contributed by atoms with Crippen molar-refractivity contribution in [1.29, 1.82) is 0 Å². The second-order valence-electron chi connectivity index (χ2n) is 8.60. The quantitative estimate of drug-likeness (QED) is 0.374. The van der Waals surface area contributed by atoms with Gasteiger partial charge in [0.1, 0.15) is 18.1 Å². The number of rotatable bonds is 11. The van der Waals surface area contributed by atoms with Gasteiger partial charge in [0.15, 0.2) is 0 Å². The van der Waals surface area contributed by atoms with E-state index in [2.05, 4.69) is 84.3 Å². The lowest BCUT2D eigenvalue weighted by molar-refractivity contribution is 0.0546. The molecule has 1 aliphatic heterocycles. The van der Waals surface area contributed by atoms with Crippen molar-refractivity contribution in [3.8, 4) is 11.5 Å². The van der Waals surface area contributed by atoms with Gasteiger partial charge in [-0.1, -0.05) is 68.4 Å². The molecule has 0 aromatic heterocycles. The molecule has 2 unspecified atom stereocenters. The highest BCUT2D eigenvalue weighted by Gasteiger charge is 2.31. The minimum Gasteiger partial charge on any atom is -0.497 e. The van der Waals surface area contributed by atoms with Gasteiger partial charge in [-0.15, -0.1) is 0 Å². The molecule has 0 spiro atoms. The number of ether oxygens (including phenoxy) is 3. The molecule has 0 saturated heterocycles. The molecule has 34 heavy (non-hydrogen) atoms. The van der Waals surface area contributed by atoms with Crippen molar-refractivity contribution < 1.29 is 14.2 Å². The van der Waals surface area contributed by atoms with Gasteiger partial charge in [-0.2, -0.15) is 0 Å². The zero-order valence-electron chi connectivity index (χ0n) is 20.5. The first kappa shape index (κ1) is 24.1. The first-order chi connectivity index (χ1) is 16.7. The average molecular weight is 461 g/mol. The Hall–Kier alpha value is -3.02. The van der Waals surface area contributed by atoms with E-state index in [1.807, 2.05) is 18.2 Å². The molecule has 5 nitrogen and oxygen atoms in total. The Kier molecular flexibility index (Phi) is 8.45. The Balaban J connectivity index is 1.53. The van der Waals surface area contributed by atoms with Crippen LogP contribution in [0, 0.1) is 0 Å². The molecule has 0 radical (unpaired) electrons. The minimum absolute atomic E-state index is 0.163. The third kappa shape index (κ3) is 5.72. The fraction of sp³-hybridized carbons (Fsp3) is 0.379. The molecule has 0 N–H and O–H groups in total. The fourth-order valence-electron chi connectivity index (χ4n) is 4.70. The number of hydrogen-bond donors (Lipinski definition) is 0. The molecular weight excluding hydrogens is 424 g/mol. The number of likely N-dealkylation sites (N-methyl/N-ethyl adjacent to an activating group) is 1. The summed E-state index contributed by atoms with van der Waals surface area (Å²) in [5, 5.41) is 0. The normalized spacial score (nSPS) is 16.1. The number of methoxy groups -OCH3 is 1. The largest absolute Gasteiger partial charge is 0.497 e. The van der Waals surface area contributed by atoms with Crippen LogP contribution in [0.15, 0.2) is 78.9 Å². The molecule has 0 aliphatic carbocycles. The van der Waals surface area contributed by atoms with E-state index in [0.29, 0.717) is 19.8 Å². The van der Waals surface area contributed by atoms with Gasteiger partial charge in [-0.25, -0.2) is 0 Å². The van der Waals surface area contributed by atoms with Crippen LogP contribution in [0.2, 0.25) is 0 Å². The Labute approximate surface area is 203 Å². The smallest absolute Gasteiger partial charge is 0.142 e. The van der Waals surface area contributed by atoms with E-state index in [1.165, 1.54) is 5.56 Å². The SMILES string of the molecule is CCN(CC)C(COCc1ccc(OC)cc1)CN1c2ccccc2OCC1c1ccccc1. The van der Waals surface area contributed by atoms with E-state index < -0.39 is 0 Å². The number of para-hydroxylation sites is 2. The van der Waals surface area contributed by atoms with Crippen molar-refractivity contribution in [3.05, 3.63) is 90.0 Å². The lowest BCUT2D eigenvalue weighted by Gasteiger charge is -2.42. The topological polar surface area (TPSA) is 34.2 Å². The van der Waals surface area contributed by atoms with Gasteiger partial charge < -0.3 is 19.1 Å². The van der Waals surface area contributed by atoms with Crippen LogP contribution >= 0.6 is 0 Å². The third-order valence-electron chi connectivity index (χ3n) is 6.61. The molecule has 1 aliphatic rings. The van der Waals surface area contributed by atoms with Crippen LogP contribution in [0.1, 0.15) is 31.0 Å². The van der Waals surface area contributed by atoms with Gasteiger partial charge in [0.05, 0.1) is 38.1 Å². The van der Waals surface area contributed by atoms with Crippen LogP contribution in [0.25, 0.3) is 0 Å². The summed E-state index contributed by atoms with van der Waals surface area (Å²) >= 11 is 0. The summed E-state index contributed by atoms with van der Waals surface area (Å²) in [5.74, 6) is 1.81. The van der Waals surface area contributed by atoms with Crippen molar-refractivity contribution in [1.82, 2.24) is 4.90 Å². The summed E-state index contributed by atoms with van der Waals surface area (Å²) in [7, 11) is 1.69. The molecule has 2 atom stereocenters. The molecular formula is C29H36N2O3. The summed E-state index contributed by atoms with van der Waals surface area (Å²) in [5.41, 5.74) is 3.57. The second-order valence-corrected chi connectivity index (χ2v) is 8.60. The van der Waals surface area contributed by atoms with E-state index in [4.69, 9.17) is 14.2 Å². The lowest BCUT2D eigenvalue weighted by Crippen LogP contribution is -2.49. The van der Waals surface area contributed by atoms with Crippen LogP contribution in [0.3, 0.4) is 0 Å². The van der Waals surface area contributed by atoms with Crippen LogP contribution < -0.4 is 14.4 Å². The number of hydrogen-bond acceptors (Lipinski definition) is 5. The fourth-order valence-corrected chi connectivity index (χ4v) is 4.70. The summed E-state index contributed by atoms with van der Waals surface area (Å²) in [6, 6.07) is 27.5. The van der Waals surface area contributed by atoms with E-state index >= 15 is 0 Å². The summed E-state index contributed by atoms with van der Waals surface area (Å²) < 4.78 is 17.7. The van der Waals surface area contributed by atoms with Crippen molar-refractivity contribution in [2.75, 3.05) is 44.9 Å². The molecule has 0 saturated carbocycles. The zero-order chi connectivity index (χ0) is 23.8. The highest BCUT2D eigenvalue weighted by Crippen LogP contribution is 2.39. The van der Waals surface area contributed by atoms with Gasteiger partial charge >= 0.3 is 0 Å². The molecule has 180 valence electrons. The maximum absolute atomic E-state index is 6.27. The maximum atomic E-state index is 6.27. The first-order valence-corrected chi connectivity index (χ1v) is 12.2. The lowest BCUT2D eigenvalue weighted by atomic mass is 10.0. The molecule has 5 heteroatoms. The van der Waals surface area contributed by atoms with Gasteiger partial charge in [0, 0.05) is 6.54 Å². The molecule has 3 aromatic rings. The maximum Gasteiger partial charge on any atom is 0.142 e. The van der Waals surface area contributed by atoms with Crippen molar-refractivity contribution >= 4 is 5.69 Å². The van der Waals surface area contributed by atoms with E-state index in [1.54, 1.807) is 7.11 Å². The second kappa shape index (κ2) is 11.9. The Morgan fingerprint density at radius 3 is 2.35 bits per heavy atom. The van der Waals surface area contributed by atoms with Crippen molar-refractivity contribution in [2.45, 2.75) is 32.5 Å². The molecule has 4 rings (SSSR count). The minimum atomic E-state index is 0.163. The van der Waals surface area contributed by atoms with Crippen molar-refractivity contribution in [3.63, 3.8) is 0 Å². The molecule has 0 bridgehead atoms. The molecule has 3 aromatic carbocycles. The number of nitrogens with zero attached hydrogens (tertiary/aromatic N) is 2. The Morgan fingerprint density at radius 1 is 0.941 bits per heavy atom. The van der Waals surface area contributed by atoms with Gasteiger partial charge in [-0.3, -0.25) is 4.90 Å². The predicted octanol–water partition coefficient (Wildman–Crippen LogP) is 5.56. The summed E-state index contributed by atoms with van der Waals surface area (Å²) in [4.78, 5) is 5.00. The molecule has 0 fully saturated rings. The first-order valence-electron chi connectivity index (χ1n) is 12.2. The van der Waals surface area contributed by atoms with Crippen LogP contribution in [0.4, 0.5) is 5.69 Å². The standard InChI is InChI=1S/C29H36N2O3/c1-4-30(5-2)25(21-33-20-23-15-17-26(32-3)18-16-23)19-31-27-13-9-10-14-29(27)34-22-28(31)24-11-7-6-8-12-24/h6-18,25,28H,4-5,19-22H2,1-3H3. The summed E-state index contributed by atoms with van der Waals surface area (Å²) in [6.45, 7) is 9.16. The van der Waals surface area contributed by atoms with Crippen LogP contribution in [-0.2, 0) is 11.3 Å². The average Bonchev–Trinajstić information content (AvgIpc) is 2.90. The van der Waals surface area contributed by atoms with Gasteiger partial charge in [0.25, 0.3) is 0 Å². The van der Waals surface area contributed by atoms with E-state index in [-0.39, 0.29) is 12.1 Å². The van der Waals surface area contributed by atoms with E-state index in [9.17, 15) is 0 Å². The Morgan fingerprint density at radius 2 is 1.65 bits per heavy atom. The van der Waals surface area contributed by atoms with Crippen LogP contribution in [-0.4, -0.2) is 50.9 Å². The number of anilines is 1. The summed E-state index contributed by atoms with van der Waals surface area (Å²) in [6.07, 6.45) is 0. The molecule has 0 amide bonds. The van der Waals surface area contributed by atoms with Gasteiger partial charge in [0.2, 0.25) is 0 Å². The third-order valence-corrected chi connectivity index (χ3v) is 6.61. The van der Waals surface area contributed by atoms with Gasteiger partial charge in [-0.05, 0) is 48.5 Å². The predicted molar refractivity (Wildman–Crippen MR) is 138 cm³/mol. The zero-order valence-corrected chi connectivity index (χ0v) is 20.5. The van der Waals surface area contributed by atoms with Crippen molar-refractivity contribution in [2.24, 2.45) is 0 Å². The monoisotopic (exact) mass is 460 g/mol. The number of fused-ring (bicyclic) bond motifs is 1. The van der Waals surface area contributed by atoms with E-state index in [0.717, 1.165) is 42.4 Å². The van der Waals surface area contributed by atoms with Crippen LogP contribution in [0.5, 0.6) is 11.5 Å². The highest BCUT2D eigenvalue weighted by atomic mass is 16.5. The number of benzene rings is 3. The molecule has 1 heterocycles.